The number of fused-ring (bicyclic) bond motifs is 1. The maximum Gasteiger partial charge on any atom is 0.238 e. The van der Waals surface area contributed by atoms with Gasteiger partial charge in [-0.05, 0) is 38.0 Å². The van der Waals surface area contributed by atoms with Gasteiger partial charge in [0.05, 0.1) is 22.0 Å². The molecule has 0 spiro atoms. The van der Waals surface area contributed by atoms with Crippen molar-refractivity contribution < 1.29 is 13.2 Å². The van der Waals surface area contributed by atoms with Crippen LogP contribution in [0.3, 0.4) is 0 Å². The Balaban J connectivity index is 1.92. The lowest BCUT2D eigenvalue weighted by atomic mass is 10.3. The number of primary sulfonamides is 1. The number of aryl methyl sites for hydroxylation is 1. The van der Waals surface area contributed by atoms with Gasteiger partial charge in [0.1, 0.15) is 0 Å². The largest absolute Gasteiger partial charge is 0.377 e. The Hall–Kier alpha value is -1.09. The molecule has 2 heterocycles. The molecule has 1 atom stereocenters. The molecule has 0 unspecified atom stereocenters. The minimum absolute atomic E-state index is 0.0939. The van der Waals surface area contributed by atoms with Gasteiger partial charge in [0.25, 0.3) is 0 Å². The zero-order valence-electron chi connectivity index (χ0n) is 12.4. The summed E-state index contributed by atoms with van der Waals surface area (Å²) in [6, 6.07) is 4.83. The maximum atomic E-state index is 11.5. The lowest BCUT2D eigenvalue weighted by Crippen LogP contribution is -2.11. The third-order valence-corrected chi connectivity index (χ3v) is 5.77. The van der Waals surface area contributed by atoms with E-state index in [1.165, 1.54) is 12.1 Å². The first-order valence-electron chi connectivity index (χ1n) is 7.26. The number of benzene rings is 1. The Kier molecular flexibility index (Phi) is 4.44. The van der Waals surface area contributed by atoms with Gasteiger partial charge in [0, 0.05) is 18.9 Å². The first kappa shape index (κ1) is 15.8. The zero-order valence-corrected chi connectivity index (χ0v) is 14.0. The number of rotatable bonds is 5. The van der Waals surface area contributed by atoms with E-state index in [0.29, 0.717) is 5.52 Å². The molecule has 1 fully saturated rings. The summed E-state index contributed by atoms with van der Waals surface area (Å²) in [6.45, 7) is 3.66. The van der Waals surface area contributed by atoms with Crippen LogP contribution in [0.25, 0.3) is 11.0 Å². The Morgan fingerprint density at radius 2 is 2.32 bits per heavy atom. The predicted octanol–water partition coefficient (Wildman–Crippen LogP) is 1.97. The van der Waals surface area contributed by atoms with Crippen molar-refractivity contribution in [2.24, 2.45) is 5.14 Å². The number of imidazole rings is 1. The van der Waals surface area contributed by atoms with Crippen molar-refractivity contribution in [1.82, 2.24) is 9.55 Å². The van der Waals surface area contributed by atoms with Crippen LogP contribution in [0, 0.1) is 0 Å². The average Bonchev–Trinajstić information content (AvgIpc) is 3.10. The van der Waals surface area contributed by atoms with E-state index in [-0.39, 0.29) is 11.0 Å². The quantitative estimate of drug-likeness (QED) is 0.840. The average molecular weight is 341 g/mol. The second kappa shape index (κ2) is 6.19. The molecule has 0 saturated carbocycles. The van der Waals surface area contributed by atoms with Crippen LogP contribution in [0.1, 0.15) is 19.8 Å². The molecular formula is C14H19N3O3S2. The fourth-order valence-corrected chi connectivity index (χ4v) is 4.30. The normalized spacial score (nSPS) is 19.1. The van der Waals surface area contributed by atoms with Gasteiger partial charge in [0.2, 0.25) is 10.0 Å². The van der Waals surface area contributed by atoms with Gasteiger partial charge in [-0.1, -0.05) is 11.8 Å². The highest BCUT2D eigenvalue weighted by atomic mass is 32.2. The standard InChI is InChI=1S/C14H19N3O3S2/c1-2-17-13-6-5-11(22(15,18)19)8-12(13)16-14(17)21-9-10-4-3-7-20-10/h5-6,8,10H,2-4,7,9H2,1H3,(H2,15,18,19)/t10-/m1/s1. The fraction of sp³-hybridized carbons (Fsp3) is 0.500. The smallest absolute Gasteiger partial charge is 0.238 e. The number of thioether (sulfide) groups is 1. The predicted molar refractivity (Wildman–Crippen MR) is 86.5 cm³/mol. The van der Waals surface area contributed by atoms with Crippen LogP contribution < -0.4 is 5.14 Å². The second-order valence-electron chi connectivity index (χ2n) is 5.28. The van der Waals surface area contributed by atoms with Crippen molar-refractivity contribution in [3.05, 3.63) is 18.2 Å². The molecule has 0 bridgehead atoms. The van der Waals surface area contributed by atoms with E-state index in [9.17, 15) is 8.42 Å². The van der Waals surface area contributed by atoms with Crippen molar-refractivity contribution in [2.45, 2.75) is 42.5 Å². The van der Waals surface area contributed by atoms with Crippen LogP contribution in [0.4, 0.5) is 0 Å². The van der Waals surface area contributed by atoms with Gasteiger partial charge in [-0.3, -0.25) is 0 Å². The van der Waals surface area contributed by atoms with Gasteiger partial charge in [-0.15, -0.1) is 0 Å². The summed E-state index contributed by atoms with van der Waals surface area (Å²) >= 11 is 1.65. The van der Waals surface area contributed by atoms with Gasteiger partial charge in [0.15, 0.2) is 5.16 Å². The third-order valence-electron chi connectivity index (χ3n) is 3.75. The van der Waals surface area contributed by atoms with E-state index in [2.05, 4.69) is 9.55 Å². The van der Waals surface area contributed by atoms with E-state index in [1.54, 1.807) is 17.8 Å². The molecule has 1 aromatic carbocycles. The summed E-state index contributed by atoms with van der Waals surface area (Å²) in [4.78, 5) is 4.66. The van der Waals surface area contributed by atoms with E-state index >= 15 is 0 Å². The summed E-state index contributed by atoms with van der Waals surface area (Å²) in [7, 11) is -3.71. The minimum Gasteiger partial charge on any atom is -0.377 e. The lowest BCUT2D eigenvalue weighted by molar-refractivity contribution is 0.129. The molecule has 6 nitrogen and oxygen atoms in total. The number of sulfonamides is 1. The fourth-order valence-electron chi connectivity index (χ4n) is 2.62. The topological polar surface area (TPSA) is 87.2 Å². The number of nitrogens with two attached hydrogens (primary N) is 1. The SMILES string of the molecule is CCn1c(SC[C@H]2CCCO2)nc2cc(S(N)(=O)=O)ccc21. The van der Waals surface area contributed by atoms with Crippen LogP contribution in [-0.2, 0) is 21.3 Å². The van der Waals surface area contributed by atoms with Gasteiger partial charge in [-0.25, -0.2) is 18.5 Å². The molecule has 1 aromatic heterocycles. The molecule has 0 aliphatic carbocycles. The second-order valence-corrected chi connectivity index (χ2v) is 7.83. The number of hydrogen-bond acceptors (Lipinski definition) is 5. The van der Waals surface area contributed by atoms with Gasteiger partial charge in [-0.2, -0.15) is 0 Å². The van der Waals surface area contributed by atoms with Crippen LogP contribution >= 0.6 is 11.8 Å². The maximum absolute atomic E-state index is 11.5. The number of hydrogen-bond donors (Lipinski definition) is 1. The van der Waals surface area contributed by atoms with Crippen LogP contribution in [0.15, 0.2) is 28.3 Å². The Morgan fingerprint density at radius 3 is 2.95 bits per heavy atom. The number of aromatic nitrogens is 2. The Bertz CT molecular complexity index is 780. The molecule has 1 saturated heterocycles. The van der Waals surface area contributed by atoms with Crippen molar-refractivity contribution >= 4 is 32.8 Å². The van der Waals surface area contributed by atoms with Crippen LogP contribution in [0.2, 0.25) is 0 Å². The highest BCUT2D eigenvalue weighted by Crippen LogP contribution is 2.28. The molecule has 0 radical (unpaired) electrons. The molecule has 8 heteroatoms. The molecule has 1 aliphatic heterocycles. The van der Waals surface area contributed by atoms with Crippen molar-refractivity contribution in [1.29, 1.82) is 0 Å². The van der Waals surface area contributed by atoms with Gasteiger partial charge < -0.3 is 9.30 Å². The number of ether oxygens (including phenoxy) is 1. The Labute approximate surface area is 134 Å². The molecule has 2 N–H and O–H groups in total. The summed E-state index contributed by atoms with van der Waals surface area (Å²) in [6.07, 6.45) is 2.50. The molecule has 120 valence electrons. The first-order chi connectivity index (χ1) is 10.5. The highest BCUT2D eigenvalue weighted by Gasteiger charge is 2.19. The summed E-state index contributed by atoms with van der Waals surface area (Å²) in [5.41, 5.74) is 1.58. The van der Waals surface area contributed by atoms with E-state index in [4.69, 9.17) is 9.88 Å². The van der Waals surface area contributed by atoms with E-state index in [0.717, 1.165) is 42.4 Å². The van der Waals surface area contributed by atoms with Gasteiger partial charge >= 0.3 is 0 Å². The molecule has 0 amide bonds. The molecular weight excluding hydrogens is 322 g/mol. The molecule has 1 aliphatic rings. The molecule has 2 aromatic rings. The third kappa shape index (κ3) is 3.15. The van der Waals surface area contributed by atoms with Crippen molar-refractivity contribution in [3.63, 3.8) is 0 Å². The first-order valence-corrected chi connectivity index (χ1v) is 9.79. The van der Waals surface area contributed by atoms with Crippen molar-refractivity contribution in [2.75, 3.05) is 12.4 Å². The molecule has 22 heavy (non-hydrogen) atoms. The highest BCUT2D eigenvalue weighted by molar-refractivity contribution is 7.99. The van der Waals surface area contributed by atoms with E-state index < -0.39 is 10.0 Å². The zero-order chi connectivity index (χ0) is 15.7. The molecule has 3 rings (SSSR count). The number of nitrogens with zero attached hydrogens (tertiary/aromatic N) is 2. The minimum atomic E-state index is -3.71. The van der Waals surface area contributed by atoms with E-state index in [1.807, 2.05) is 6.92 Å². The summed E-state index contributed by atoms with van der Waals surface area (Å²) in [5.74, 6) is 0.866. The van der Waals surface area contributed by atoms with Crippen LogP contribution in [0.5, 0.6) is 0 Å². The van der Waals surface area contributed by atoms with Crippen molar-refractivity contribution in [3.8, 4) is 0 Å². The monoisotopic (exact) mass is 341 g/mol. The lowest BCUT2D eigenvalue weighted by Gasteiger charge is -2.09. The van der Waals surface area contributed by atoms with Crippen LogP contribution in [-0.4, -0.2) is 36.4 Å². The summed E-state index contributed by atoms with van der Waals surface area (Å²) < 4.78 is 30.6. The summed E-state index contributed by atoms with van der Waals surface area (Å²) in [5, 5.41) is 6.07. The Morgan fingerprint density at radius 1 is 1.50 bits per heavy atom.